The lowest BCUT2D eigenvalue weighted by Gasteiger charge is -1.80. The lowest BCUT2D eigenvalue weighted by atomic mass is 10.5. The summed E-state index contributed by atoms with van der Waals surface area (Å²) in [5.74, 6) is 0. The molecule has 37 valence electrons. The highest BCUT2D eigenvalue weighted by atomic mass is 28.1. The van der Waals surface area contributed by atoms with Crippen molar-refractivity contribution in [2.45, 2.75) is 12.5 Å². The van der Waals surface area contributed by atoms with Gasteiger partial charge in [-0.25, -0.2) is 0 Å². The molecule has 0 N–H and O–H groups in total. The summed E-state index contributed by atoms with van der Waals surface area (Å²) in [5, 5.41) is 3.31. The molecule has 0 rings (SSSR count). The Morgan fingerprint density at radius 2 is 2.43 bits per heavy atom. The standard InChI is InChI=1S/C3H6N3Si/c4-6-5-2-1-3-7/h1-3H2. The smallest absolute Gasteiger partial charge is 0.0255 e. The van der Waals surface area contributed by atoms with Crippen LogP contribution in [-0.2, 0) is 0 Å². The van der Waals surface area contributed by atoms with Gasteiger partial charge in [-0.05, 0) is 5.53 Å². The normalized spacial score (nSPS) is 7.57. The largest absolute Gasteiger partial charge is 0.0940 e. The Balaban J connectivity index is 2.83. The SMILES string of the molecule is [N-]=[N+]=NCCC[Si]. The molecule has 0 saturated heterocycles. The molecule has 0 aromatic carbocycles. The van der Waals surface area contributed by atoms with E-state index in [2.05, 4.69) is 20.3 Å². The predicted octanol–water partition coefficient (Wildman–Crippen LogP) is 1.27. The van der Waals surface area contributed by atoms with E-state index < -0.39 is 0 Å². The van der Waals surface area contributed by atoms with Crippen LogP contribution in [0.25, 0.3) is 10.4 Å². The van der Waals surface area contributed by atoms with Crippen molar-refractivity contribution in [3.05, 3.63) is 10.4 Å². The molecule has 0 bridgehead atoms. The van der Waals surface area contributed by atoms with Crippen molar-refractivity contribution in [3.8, 4) is 0 Å². The first-order chi connectivity index (χ1) is 3.41. The summed E-state index contributed by atoms with van der Waals surface area (Å²) < 4.78 is 0. The lowest BCUT2D eigenvalue weighted by Crippen LogP contribution is -1.74. The van der Waals surface area contributed by atoms with Gasteiger partial charge in [-0.1, -0.05) is 17.6 Å². The van der Waals surface area contributed by atoms with Crippen LogP contribution in [0, 0.1) is 0 Å². The second kappa shape index (κ2) is 5.53. The van der Waals surface area contributed by atoms with E-state index in [4.69, 9.17) is 5.53 Å². The average Bonchev–Trinajstić information content (AvgIpc) is 1.69. The van der Waals surface area contributed by atoms with Gasteiger partial charge in [0.05, 0.1) is 0 Å². The Morgan fingerprint density at radius 1 is 1.71 bits per heavy atom. The third-order valence-electron chi connectivity index (χ3n) is 0.498. The molecule has 7 heavy (non-hydrogen) atoms. The second-order valence-corrected chi connectivity index (χ2v) is 1.56. The summed E-state index contributed by atoms with van der Waals surface area (Å²) in [7, 11) is 3.24. The van der Waals surface area contributed by atoms with Crippen LogP contribution in [0.15, 0.2) is 5.11 Å². The van der Waals surface area contributed by atoms with Gasteiger partial charge in [0.15, 0.2) is 0 Å². The first-order valence-corrected chi connectivity index (χ1v) is 2.78. The maximum atomic E-state index is 7.74. The zero-order chi connectivity index (χ0) is 5.54. The van der Waals surface area contributed by atoms with Crippen LogP contribution < -0.4 is 0 Å². The van der Waals surface area contributed by atoms with Gasteiger partial charge >= 0.3 is 0 Å². The summed E-state index contributed by atoms with van der Waals surface area (Å²) in [6, 6.07) is 0.902. The Labute approximate surface area is 45.8 Å². The van der Waals surface area contributed by atoms with Crippen LogP contribution in [0.4, 0.5) is 0 Å². The first kappa shape index (κ1) is 6.53. The molecule has 3 nitrogen and oxygen atoms in total. The van der Waals surface area contributed by atoms with E-state index in [1.54, 1.807) is 0 Å². The maximum Gasteiger partial charge on any atom is 0.0255 e. The van der Waals surface area contributed by atoms with Gasteiger partial charge in [-0.15, -0.1) is 0 Å². The fraction of sp³-hybridized carbons (Fsp3) is 1.00. The van der Waals surface area contributed by atoms with Crippen LogP contribution in [0.1, 0.15) is 6.42 Å². The topological polar surface area (TPSA) is 48.8 Å². The van der Waals surface area contributed by atoms with E-state index in [9.17, 15) is 0 Å². The number of hydrogen-bond donors (Lipinski definition) is 0. The molecule has 0 aliphatic heterocycles. The Hall–Kier alpha value is -0.473. The maximum absolute atomic E-state index is 7.74. The molecule has 0 amide bonds. The summed E-state index contributed by atoms with van der Waals surface area (Å²) >= 11 is 0. The Kier molecular flexibility index (Phi) is 5.15. The molecule has 0 aliphatic rings. The van der Waals surface area contributed by atoms with Crippen molar-refractivity contribution in [2.24, 2.45) is 5.11 Å². The van der Waals surface area contributed by atoms with E-state index in [0.717, 1.165) is 12.5 Å². The summed E-state index contributed by atoms with van der Waals surface area (Å²) in [4.78, 5) is 2.58. The van der Waals surface area contributed by atoms with Crippen LogP contribution in [0.5, 0.6) is 0 Å². The Bertz CT molecular complexity index is 76.2. The zero-order valence-corrected chi connectivity index (χ0v) is 4.96. The van der Waals surface area contributed by atoms with E-state index in [0.29, 0.717) is 6.54 Å². The van der Waals surface area contributed by atoms with Gasteiger partial charge in [-0.2, -0.15) is 0 Å². The number of azide groups is 1. The van der Waals surface area contributed by atoms with E-state index >= 15 is 0 Å². The van der Waals surface area contributed by atoms with Crippen LogP contribution in [0.2, 0.25) is 6.04 Å². The van der Waals surface area contributed by atoms with Crippen molar-refractivity contribution >= 4 is 10.2 Å². The molecule has 0 unspecified atom stereocenters. The summed E-state index contributed by atoms with van der Waals surface area (Å²) in [5.41, 5.74) is 7.74. The van der Waals surface area contributed by atoms with Crippen molar-refractivity contribution in [1.82, 2.24) is 0 Å². The molecular formula is C3H6N3Si. The summed E-state index contributed by atoms with van der Waals surface area (Å²) in [6.07, 6.45) is 0.918. The second-order valence-electron chi connectivity index (χ2n) is 1.06. The van der Waals surface area contributed by atoms with Crippen molar-refractivity contribution < 1.29 is 0 Å². The molecule has 0 aromatic rings. The highest BCUT2D eigenvalue weighted by Gasteiger charge is 1.74. The molecule has 3 radical (unpaired) electrons. The fourth-order valence-corrected chi connectivity index (χ4v) is 0.353. The van der Waals surface area contributed by atoms with E-state index in [1.165, 1.54) is 0 Å². The molecule has 4 heteroatoms. The van der Waals surface area contributed by atoms with E-state index in [1.807, 2.05) is 0 Å². The molecule has 0 fully saturated rings. The van der Waals surface area contributed by atoms with Gasteiger partial charge in [-0.3, -0.25) is 0 Å². The minimum atomic E-state index is 0.597. The van der Waals surface area contributed by atoms with Gasteiger partial charge < -0.3 is 0 Å². The highest BCUT2D eigenvalue weighted by Crippen LogP contribution is 1.83. The Morgan fingerprint density at radius 3 is 2.86 bits per heavy atom. The first-order valence-electron chi connectivity index (χ1n) is 2.07. The van der Waals surface area contributed by atoms with Crippen LogP contribution in [-0.4, -0.2) is 16.8 Å². The number of hydrogen-bond acceptors (Lipinski definition) is 1. The zero-order valence-electron chi connectivity index (χ0n) is 3.96. The molecule has 0 saturated carbocycles. The molecule has 0 aliphatic carbocycles. The number of rotatable bonds is 3. The third-order valence-corrected chi connectivity index (χ3v) is 0.852. The molecule has 0 aromatic heterocycles. The minimum Gasteiger partial charge on any atom is -0.0940 e. The monoisotopic (exact) mass is 112 g/mol. The van der Waals surface area contributed by atoms with Gasteiger partial charge in [0.2, 0.25) is 0 Å². The summed E-state index contributed by atoms with van der Waals surface area (Å²) in [6.45, 7) is 0.597. The fourth-order valence-electron chi connectivity index (χ4n) is 0.194. The van der Waals surface area contributed by atoms with Crippen molar-refractivity contribution in [3.63, 3.8) is 0 Å². The lowest BCUT2D eigenvalue weighted by molar-refractivity contribution is 0.919. The van der Waals surface area contributed by atoms with E-state index in [-0.39, 0.29) is 0 Å². The van der Waals surface area contributed by atoms with Crippen LogP contribution in [0.3, 0.4) is 0 Å². The van der Waals surface area contributed by atoms with Gasteiger partial charge in [0.1, 0.15) is 0 Å². The predicted molar refractivity (Wildman–Crippen MR) is 29.2 cm³/mol. The highest BCUT2D eigenvalue weighted by molar-refractivity contribution is 6.08. The molecule has 0 heterocycles. The molecule has 0 atom stereocenters. The average molecular weight is 112 g/mol. The quantitative estimate of drug-likeness (QED) is 0.173. The molecule has 0 spiro atoms. The van der Waals surface area contributed by atoms with Crippen LogP contribution >= 0.6 is 0 Å². The van der Waals surface area contributed by atoms with Gasteiger partial charge in [0.25, 0.3) is 0 Å². The van der Waals surface area contributed by atoms with Gasteiger partial charge in [0, 0.05) is 21.7 Å². The third kappa shape index (κ3) is 5.53. The van der Waals surface area contributed by atoms with Crippen molar-refractivity contribution in [1.29, 1.82) is 0 Å². The minimum absolute atomic E-state index is 0.597. The number of nitrogens with zero attached hydrogens (tertiary/aromatic N) is 3. The molecular weight excluding hydrogens is 106 g/mol. The van der Waals surface area contributed by atoms with Crippen molar-refractivity contribution in [2.75, 3.05) is 6.54 Å².